The molecule has 0 saturated carbocycles. The van der Waals surface area contributed by atoms with E-state index in [-0.39, 0.29) is 24.7 Å². The number of amides is 1. The summed E-state index contributed by atoms with van der Waals surface area (Å²) in [6.07, 6.45) is 2.04. The van der Waals surface area contributed by atoms with Crippen molar-refractivity contribution < 1.29 is 28.5 Å². The Morgan fingerprint density at radius 2 is 1.86 bits per heavy atom. The Morgan fingerprint density at radius 1 is 1.09 bits per heavy atom. The maximum absolute atomic E-state index is 13.2. The van der Waals surface area contributed by atoms with Crippen LogP contribution in [0.3, 0.4) is 0 Å². The molecule has 2 aromatic rings. The van der Waals surface area contributed by atoms with E-state index in [1.54, 1.807) is 39.5 Å². The number of carbonyl (C=O) groups is 2. The molecule has 190 valence electrons. The fraction of sp³-hybridized carbons (Fsp3) is 0.481. The van der Waals surface area contributed by atoms with Gasteiger partial charge >= 0.3 is 5.97 Å². The van der Waals surface area contributed by atoms with Crippen molar-refractivity contribution in [3.63, 3.8) is 0 Å². The van der Waals surface area contributed by atoms with Gasteiger partial charge in [-0.15, -0.1) is 0 Å². The Balaban J connectivity index is 1.71. The molecule has 3 unspecified atom stereocenters. The van der Waals surface area contributed by atoms with Gasteiger partial charge in [0.1, 0.15) is 24.1 Å². The maximum atomic E-state index is 13.2. The van der Waals surface area contributed by atoms with E-state index in [2.05, 4.69) is 10.6 Å². The number of benzene rings is 2. The van der Waals surface area contributed by atoms with Gasteiger partial charge in [0.05, 0.1) is 26.2 Å². The third kappa shape index (κ3) is 7.19. The Bertz CT molecular complexity index is 961. The smallest absolute Gasteiger partial charge is 0.329 e. The minimum atomic E-state index is -0.842. The molecule has 2 N–H and O–H groups in total. The van der Waals surface area contributed by atoms with Crippen molar-refractivity contribution >= 4 is 11.9 Å². The van der Waals surface area contributed by atoms with Crippen molar-refractivity contribution in [2.45, 2.75) is 51.0 Å². The number of hydrogen-bond donors (Lipinski definition) is 2. The van der Waals surface area contributed by atoms with E-state index in [4.69, 9.17) is 18.9 Å². The predicted molar refractivity (Wildman–Crippen MR) is 132 cm³/mol. The molecule has 8 nitrogen and oxygen atoms in total. The van der Waals surface area contributed by atoms with Gasteiger partial charge in [-0.3, -0.25) is 4.79 Å². The average molecular weight is 485 g/mol. The third-order valence-electron chi connectivity index (χ3n) is 6.42. The van der Waals surface area contributed by atoms with E-state index in [1.165, 1.54) is 0 Å². The Kier molecular flexibility index (Phi) is 9.93. The monoisotopic (exact) mass is 484 g/mol. The molecule has 1 aliphatic rings. The molecule has 0 aliphatic carbocycles. The van der Waals surface area contributed by atoms with Crippen LogP contribution in [0.5, 0.6) is 11.5 Å². The fourth-order valence-electron chi connectivity index (χ4n) is 4.42. The van der Waals surface area contributed by atoms with Crippen molar-refractivity contribution in [3.8, 4) is 11.5 Å². The van der Waals surface area contributed by atoms with Gasteiger partial charge in [0.2, 0.25) is 5.91 Å². The van der Waals surface area contributed by atoms with E-state index in [1.807, 2.05) is 37.3 Å². The largest absolute Gasteiger partial charge is 0.497 e. The van der Waals surface area contributed by atoms with Crippen LogP contribution in [0.25, 0.3) is 0 Å². The molecule has 1 heterocycles. The zero-order chi connectivity index (χ0) is 25.2. The fourth-order valence-corrected chi connectivity index (χ4v) is 4.42. The van der Waals surface area contributed by atoms with Crippen LogP contribution in [0.2, 0.25) is 0 Å². The van der Waals surface area contributed by atoms with Crippen molar-refractivity contribution in [1.82, 2.24) is 10.6 Å². The lowest BCUT2D eigenvalue weighted by molar-refractivity contribution is -0.150. The van der Waals surface area contributed by atoms with Gasteiger partial charge in [0.25, 0.3) is 0 Å². The number of rotatable bonds is 12. The standard InChI is InChI=1S/C27H36N2O6/c1-18(25(34-4)22-11-8-14-28-22)26(30)29-23(15-19-9-6-5-7-10-19)27(31)35-17-20-12-13-21(32-2)16-24(20)33-3/h5-7,9-10,12-13,16,18,22-23,25,28H,8,11,14-15,17H2,1-4H3,(H,29,30)/t18?,22?,23-,25?/m0/s1. The summed E-state index contributed by atoms with van der Waals surface area (Å²) in [5.41, 5.74) is 1.62. The second-order valence-corrected chi connectivity index (χ2v) is 8.73. The molecule has 1 fully saturated rings. The highest BCUT2D eigenvalue weighted by molar-refractivity contribution is 5.86. The van der Waals surface area contributed by atoms with Gasteiger partial charge in [-0.05, 0) is 37.1 Å². The quantitative estimate of drug-likeness (QED) is 0.447. The molecule has 1 aliphatic heterocycles. The van der Waals surface area contributed by atoms with Crippen LogP contribution in [0.4, 0.5) is 0 Å². The summed E-state index contributed by atoms with van der Waals surface area (Å²) in [7, 11) is 4.74. The molecular formula is C27H36N2O6. The van der Waals surface area contributed by atoms with Gasteiger partial charge in [0, 0.05) is 31.2 Å². The lowest BCUT2D eigenvalue weighted by Crippen LogP contribution is -2.51. The Hall–Kier alpha value is -3.10. The third-order valence-corrected chi connectivity index (χ3v) is 6.42. The number of ether oxygens (including phenoxy) is 4. The molecule has 0 bridgehead atoms. The van der Waals surface area contributed by atoms with E-state index in [0.717, 1.165) is 24.9 Å². The predicted octanol–water partition coefficient (Wildman–Crippen LogP) is 2.88. The minimum absolute atomic E-state index is 0.00933. The van der Waals surface area contributed by atoms with Crippen LogP contribution in [0, 0.1) is 5.92 Å². The summed E-state index contributed by atoms with van der Waals surface area (Å²) in [4.78, 5) is 26.3. The molecule has 0 spiro atoms. The summed E-state index contributed by atoms with van der Waals surface area (Å²) in [6.45, 7) is 2.75. The number of carbonyl (C=O) groups excluding carboxylic acids is 2. The average Bonchev–Trinajstić information content (AvgIpc) is 3.42. The molecule has 1 saturated heterocycles. The first-order chi connectivity index (χ1) is 17.0. The van der Waals surface area contributed by atoms with Crippen LogP contribution < -0.4 is 20.1 Å². The second kappa shape index (κ2) is 13.1. The first-order valence-electron chi connectivity index (χ1n) is 11.9. The Morgan fingerprint density at radius 3 is 2.49 bits per heavy atom. The van der Waals surface area contributed by atoms with Gasteiger partial charge in [-0.2, -0.15) is 0 Å². The molecule has 35 heavy (non-hydrogen) atoms. The van der Waals surface area contributed by atoms with Crippen LogP contribution in [0.15, 0.2) is 48.5 Å². The van der Waals surface area contributed by atoms with Crippen molar-refractivity contribution in [3.05, 3.63) is 59.7 Å². The number of esters is 1. The Labute approximate surface area is 207 Å². The summed E-state index contributed by atoms with van der Waals surface area (Å²) in [6, 6.07) is 14.1. The van der Waals surface area contributed by atoms with Gasteiger partial charge in [-0.25, -0.2) is 4.79 Å². The van der Waals surface area contributed by atoms with Gasteiger partial charge < -0.3 is 29.6 Å². The van der Waals surface area contributed by atoms with Gasteiger partial charge in [-0.1, -0.05) is 37.3 Å². The number of nitrogens with one attached hydrogen (secondary N) is 2. The molecule has 0 aromatic heterocycles. The van der Waals surface area contributed by atoms with Crippen LogP contribution in [0.1, 0.15) is 30.9 Å². The zero-order valence-corrected chi connectivity index (χ0v) is 20.9. The normalized spacial score (nSPS) is 17.8. The van der Waals surface area contributed by atoms with Crippen LogP contribution in [-0.4, -0.2) is 57.9 Å². The summed E-state index contributed by atoms with van der Waals surface area (Å²) in [5, 5.41) is 6.31. The highest BCUT2D eigenvalue weighted by Gasteiger charge is 2.35. The van der Waals surface area contributed by atoms with E-state index in [9.17, 15) is 9.59 Å². The maximum Gasteiger partial charge on any atom is 0.329 e. The van der Waals surface area contributed by atoms with E-state index >= 15 is 0 Å². The molecule has 4 atom stereocenters. The van der Waals surface area contributed by atoms with Crippen molar-refractivity contribution in [1.29, 1.82) is 0 Å². The van der Waals surface area contributed by atoms with Crippen molar-refractivity contribution in [2.75, 3.05) is 27.9 Å². The molecule has 1 amide bonds. The topological polar surface area (TPSA) is 95.1 Å². The van der Waals surface area contributed by atoms with Crippen LogP contribution in [-0.2, 0) is 32.1 Å². The van der Waals surface area contributed by atoms with E-state index in [0.29, 0.717) is 23.5 Å². The number of hydrogen-bond acceptors (Lipinski definition) is 7. The SMILES string of the molecule is COc1ccc(COC(=O)[C@H](Cc2ccccc2)NC(=O)C(C)C(OC)C2CCCN2)c(OC)c1. The van der Waals surface area contributed by atoms with Crippen LogP contribution >= 0.6 is 0 Å². The minimum Gasteiger partial charge on any atom is -0.497 e. The van der Waals surface area contributed by atoms with Crippen molar-refractivity contribution in [2.24, 2.45) is 5.92 Å². The first kappa shape index (κ1) is 26.5. The molecule has 0 radical (unpaired) electrons. The summed E-state index contributed by atoms with van der Waals surface area (Å²) >= 11 is 0. The van der Waals surface area contributed by atoms with Gasteiger partial charge in [0.15, 0.2) is 0 Å². The molecule has 3 rings (SSSR count). The summed E-state index contributed by atoms with van der Waals surface area (Å²) in [5.74, 6) is 0.0000423. The summed E-state index contributed by atoms with van der Waals surface area (Å²) < 4.78 is 21.9. The molecule has 8 heteroatoms. The van der Waals surface area contributed by atoms with E-state index < -0.39 is 17.9 Å². The first-order valence-corrected chi connectivity index (χ1v) is 11.9. The highest BCUT2D eigenvalue weighted by atomic mass is 16.5. The lowest BCUT2D eigenvalue weighted by atomic mass is 9.95. The highest BCUT2D eigenvalue weighted by Crippen LogP contribution is 2.25. The number of methoxy groups -OCH3 is 3. The molecular weight excluding hydrogens is 448 g/mol. The second-order valence-electron chi connectivity index (χ2n) is 8.73. The molecule has 2 aromatic carbocycles. The zero-order valence-electron chi connectivity index (χ0n) is 20.9. The lowest BCUT2D eigenvalue weighted by Gasteiger charge is -2.29.